The number of aliphatic hydroxyl groups is 1. The maximum absolute atomic E-state index is 12.0. The molecule has 11 heteroatoms. The standard InChI is InChI=1S/C14H26N4O6S/c1-7(15)11(20)18-10(6-19)13(22)16-8(2)12(21)17-9(14(23)24)4-5-25-3/h7-10,19H,4-6,15H2,1-3H3,(H,16,22)(H,17,21)(H,18,20)(H,23,24). The topological polar surface area (TPSA) is 171 Å². The molecule has 0 spiro atoms. The van der Waals surface area contributed by atoms with Crippen LogP contribution in [0.25, 0.3) is 0 Å². The van der Waals surface area contributed by atoms with Gasteiger partial charge >= 0.3 is 5.97 Å². The predicted octanol–water partition coefficient (Wildman–Crippen LogP) is -2.36. The highest BCUT2D eigenvalue weighted by atomic mass is 32.2. The van der Waals surface area contributed by atoms with Gasteiger partial charge in [0.1, 0.15) is 18.1 Å². The Morgan fingerprint density at radius 1 is 1.00 bits per heavy atom. The quantitative estimate of drug-likeness (QED) is 0.232. The van der Waals surface area contributed by atoms with E-state index < -0.39 is 54.5 Å². The van der Waals surface area contributed by atoms with Crippen LogP contribution in [0.2, 0.25) is 0 Å². The fraction of sp³-hybridized carbons (Fsp3) is 0.714. The molecule has 144 valence electrons. The van der Waals surface area contributed by atoms with Crippen molar-refractivity contribution in [2.75, 3.05) is 18.6 Å². The first-order valence-electron chi connectivity index (χ1n) is 7.63. The summed E-state index contributed by atoms with van der Waals surface area (Å²) in [6.45, 7) is 2.10. The molecule has 25 heavy (non-hydrogen) atoms. The number of hydrogen-bond donors (Lipinski definition) is 6. The van der Waals surface area contributed by atoms with Gasteiger partial charge in [-0.1, -0.05) is 0 Å². The van der Waals surface area contributed by atoms with Crippen LogP contribution in [0, 0.1) is 0 Å². The smallest absolute Gasteiger partial charge is 0.326 e. The SMILES string of the molecule is CSCCC(NC(=O)C(C)NC(=O)C(CO)NC(=O)C(C)N)C(=O)O. The molecule has 0 aliphatic rings. The first kappa shape index (κ1) is 23.1. The van der Waals surface area contributed by atoms with E-state index >= 15 is 0 Å². The second-order valence-corrected chi connectivity index (χ2v) is 6.43. The minimum Gasteiger partial charge on any atom is -0.480 e. The lowest BCUT2D eigenvalue weighted by Crippen LogP contribution is -2.57. The summed E-state index contributed by atoms with van der Waals surface area (Å²) in [5, 5.41) is 25.2. The minimum absolute atomic E-state index is 0.243. The average molecular weight is 378 g/mol. The molecule has 0 rings (SSSR count). The van der Waals surface area contributed by atoms with E-state index in [4.69, 9.17) is 10.8 Å². The van der Waals surface area contributed by atoms with Crippen molar-refractivity contribution >= 4 is 35.5 Å². The van der Waals surface area contributed by atoms with Gasteiger partial charge < -0.3 is 31.9 Å². The highest BCUT2D eigenvalue weighted by Crippen LogP contribution is 2.01. The van der Waals surface area contributed by atoms with Crippen LogP contribution in [0.5, 0.6) is 0 Å². The van der Waals surface area contributed by atoms with Crippen molar-refractivity contribution < 1.29 is 29.4 Å². The van der Waals surface area contributed by atoms with Gasteiger partial charge in [-0.05, 0) is 32.3 Å². The summed E-state index contributed by atoms with van der Waals surface area (Å²) in [6.07, 6.45) is 2.06. The van der Waals surface area contributed by atoms with Gasteiger partial charge in [0.25, 0.3) is 0 Å². The molecular weight excluding hydrogens is 352 g/mol. The lowest BCUT2D eigenvalue weighted by Gasteiger charge is -2.21. The maximum atomic E-state index is 12.0. The van der Waals surface area contributed by atoms with E-state index in [1.807, 2.05) is 6.26 Å². The molecule has 4 unspecified atom stereocenters. The van der Waals surface area contributed by atoms with Gasteiger partial charge in [0.2, 0.25) is 17.7 Å². The number of amides is 3. The molecule has 0 aromatic heterocycles. The summed E-state index contributed by atoms with van der Waals surface area (Å²) in [7, 11) is 0. The van der Waals surface area contributed by atoms with Crippen molar-refractivity contribution in [3.63, 3.8) is 0 Å². The number of aliphatic hydroxyl groups excluding tert-OH is 1. The summed E-state index contributed by atoms with van der Waals surface area (Å²) < 4.78 is 0. The van der Waals surface area contributed by atoms with Gasteiger partial charge in [0.15, 0.2) is 0 Å². The number of carbonyl (C=O) groups excluding carboxylic acids is 3. The molecule has 10 nitrogen and oxygen atoms in total. The van der Waals surface area contributed by atoms with Gasteiger partial charge in [0, 0.05) is 0 Å². The normalized spacial score (nSPS) is 15.4. The number of carbonyl (C=O) groups is 4. The Hall–Kier alpha value is -1.85. The van der Waals surface area contributed by atoms with Gasteiger partial charge in [-0.25, -0.2) is 4.79 Å². The van der Waals surface area contributed by atoms with Crippen molar-refractivity contribution in [1.82, 2.24) is 16.0 Å². The molecular formula is C14H26N4O6S. The molecule has 0 aromatic rings. The van der Waals surface area contributed by atoms with E-state index in [1.54, 1.807) is 0 Å². The third kappa shape index (κ3) is 8.70. The summed E-state index contributed by atoms with van der Waals surface area (Å²) in [5.41, 5.74) is 5.36. The molecule has 0 aliphatic heterocycles. The van der Waals surface area contributed by atoms with Crippen LogP contribution < -0.4 is 21.7 Å². The van der Waals surface area contributed by atoms with Crippen LogP contribution in [0.3, 0.4) is 0 Å². The van der Waals surface area contributed by atoms with E-state index in [1.165, 1.54) is 25.6 Å². The molecule has 0 bridgehead atoms. The first-order chi connectivity index (χ1) is 11.6. The van der Waals surface area contributed by atoms with Crippen molar-refractivity contribution in [2.24, 2.45) is 5.73 Å². The maximum Gasteiger partial charge on any atom is 0.326 e. The number of carboxylic acids is 1. The number of aliphatic carboxylic acids is 1. The number of rotatable bonds is 11. The Balaban J connectivity index is 4.68. The molecule has 4 atom stereocenters. The van der Waals surface area contributed by atoms with Gasteiger partial charge in [-0.3, -0.25) is 14.4 Å². The fourth-order valence-corrected chi connectivity index (χ4v) is 2.14. The predicted molar refractivity (Wildman–Crippen MR) is 92.8 cm³/mol. The van der Waals surface area contributed by atoms with Crippen molar-refractivity contribution in [3.8, 4) is 0 Å². The van der Waals surface area contributed by atoms with Crippen molar-refractivity contribution in [3.05, 3.63) is 0 Å². The number of nitrogens with two attached hydrogens (primary N) is 1. The number of hydrogen-bond acceptors (Lipinski definition) is 7. The molecule has 7 N–H and O–H groups in total. The zero-order valence-corrected chi connectivity index (χ0v) is 15.3. The monoisotopic (exact) mass is 378 g/mol. The fourth-order valence-electron chi connectivity index (χ4n) is 1.67. The molecule has 0 aliphatic carbocycles. The van der Waals surface area contributed by atoms with Crippen LogP contribution in [-0.2, 0) is 19.2 Å². The van der Waals surface area contributed by atoms with Gasteiger partial charge in [-0.2, -0.15) is 11.8 Å². The van der Waals surface area contributed by atoms with Crippen LogP contribution in [0.15, 0.2) is 0 Å². The third-order valence-electron chi connectivity index (χ3n) is 3.21. The molecule has 0 fully saturated rings. The third-order valence-corrected chi connectivity index (χ3v) is 3.85. The largest absolute Gasteiger partial charge is 0.480 e. The zero-order chi connectivity index (χ0) is 19.6. The highest BCUT2D eigenvalue weighted by Gasteiger charge is 2.27. The molecule has 0 saturated carbocycles. The van der Waals surface area contributed by atoms with E-state index in [0.717, 1.165) is 0 Å². The molecule has 3 amide bonds. The Morgan fingerprint density at radius 3 is 2.00 bits per heavy atom. The van der Waals surface area contributed by atoms with Gasteiger partial charge in [0.05, 0.1) is 12.6 Å². The number of carboxylic acid groups (broad SMARTS) is 1. The lowest BCUT2D eigenvalue weighted by molar-refractivity contribution is -0.142. The molecule has 0 saturated heterocycles. The Bertz CT molecular complexity index is 488. The van der Waals surface area contributed by atoms with E-state index in [0.29, 0.717) is 5.75 Å². The Morgan fingerprint density at radius 2 is 1.56 bits per heavy atom. The van der Waals surface area contributed by atoms with Crippen LogP contribution >= 0.6 is 11.8 Å². The highest BCUT2D eigenvalue weighted by molar-refractivity contribution is 7.98. The second-order valence-electron chi connectivity index (χ2n) is 5.44. The van der Waals surface area contributed by atoms with Crippen LogP contribution in [-0.4, -0.2) is 76.7 Å². The summed E-state index contributed by atoms with van der Waals surface area (Å²) in [6, 6.07) is -4.24. The van der Waals surface area contributed by atoms with Crippen LogP contribution in [0.1, 0.15) is 20.3 Å². The molecule has 0 radical (unpaired) electrons. The van der Waals surface area contributed by atoms with E-state index in [2.05, 4.69) is 16.0 Å². The Labute approximate surface area is 150 Å². The zero-order valence-electron chi connectivity index (χ0n) is 14.4. The van der Waals surface area contributed by atoms with Crippen molar-refractivity contribution in [2.45, 2.75) is 44.4 Å². The summed E-state index contributed by atoms with van der Waals surface area (Å²) in [4.78, 5) is 46.6. The van der Waals surface area contributed by atoms with E-state index in [-0.39, 0.29) is 6.42 Å². The van der Waals surface area contributed by atoms with Crippen molar-refractivity contribution in [1.29, 1.82) is 0 Å². The first-order valence-corrected chi connectivity index (χ1v) is 9.02. The van der Waals surface area contributed by atoms with Gasteiger partial charge in [-0.15, -0.1) is 0 Å². The number of thioether (sulfide) groups is 1. The summed E-state index contributed by atoms with van der Waals surface area (Å²) in [5.74, 6) is -2.71. The van der Waals surface area contributed by atoms with E-state index in [9.17, 15) is 24.3 Å². The molecule has 0 aromatic carbocycles. The molecule has 0 heterocycles. The lowest BCUT2D eigenvalue weighted by atomic mass is 10.2. The van der Waals surface area contributed by atoms with Crippen LogP contribution in [0.4, 0.5) is 0 Å². The Kier molecular flexibility index (Phi) is 10.8. The summed E-state index contributed by atoms with van der Waals surface area (Å²) >= 11 is 1.45. The second kappa shape index (κ2) is 11.7. The minimum atomic E-state index is -1.26. The number of nitrogens with one attached hydrogen (secondary N) is 3. The average Bonchev–Trinajstić information content (AvgIpc) is 2.54.